The van der Waals surface area contributed by atoms with E-state index in [1.165, 1.54) is 6.20 Å². The number of aryl methyl sites for hydroxylation is 1. The first-order valence-electron chi connectivity index (χ1n) is 10.6. The molecule has 31 heavy (non-hydrogen) atoms. The molecule has 2 aliphatic rings. The summed E-state index contributed by atoms with van der Waals surface area (Å²) in [4.78, 5) is 25.8. The second kappa shape index (κ2) is 8.26. The molecular formula is C23H24FN5OS. The SMILES string of the molecule is Cc1nc(C(=O)N2CCCC[C@H]2Cc2cn3c(n2)C=CN(F)C3)c(-c2ccccc2)s1. The zero-order chi connectivity index (χ0) is 21.4. The average molecular weight is 438 g/mol. The first-order chi connectivity index (χ1) is 15.1. The van der Waals surface area contributed by atoms with Crippen molar-refractivity contribution in [2.75, 3.05) is 6.54 Å². The molecule has 2 aromatic heterocycles. The molecule has 1 amide bonds. The molecule has 1 aromatic carbocycles. The number of hydrogen-bond acceptors (Lipinski definition) is 5. The van der Waals surface area contributed by atoms with Crippen LogP contribution >= 0.6 is 11.3 Å². The van der Waals surface area contributed by atoms with Gasteiger partial charge in [-0.05, 0) is 37.8 Å². The Labute approximate surface area is 184 Å². The van der Waals surface area contributed by atoms with Crippen LogP contribution < -0.4 is 0 Å². The van der Waals surface area contributed by atoms with Crippen LogP contribution in [0.4, 0.5) is 4.48 Å². The Bertz CT molecular complexity index is 1120. The van der Waals surface area contributed by atoms with Gasteiger partial charge in [0, 0.05) is 31.4 Å². The molecular weight excluding hydrogens is 413 g/mol. The Hall–Kier alpha value is -3.00. The number of carbonyl (C=O) groups is 1. The van der Waals surface area contributed by atoms with Crippen molar-refractivity contribution in [1.29, 1.82) is 0 Å². The highest BCUT2D eigenvalue weighted by atomic mass is 32.1. The molecule has 160 valence electrons. The van der Waals surface area contributed by atoms with Gasteiger partial charge in [-0.15, -0.1) is 11.3 Å². The molecule has 8 heteroatoms. The summed E-state index contributed by atoms with van der Waals surface area (Å²) in [6.45, 7) is 2.81. The summed E-state index contributed by atoms with van der Waals surface area (Å²) in [5.41, 5.74) is 2.45. The van der Waals surface area contributed by atoms with Gasteiger partial charge in [0.2, 0.25) is 0 Å². The van der Waals surface area contributed by atoms with Crippen LogP contribution in [-0.4, -0.2) is 43.1 Å². The molecule has 1 saturated heterocycles. The number of nitrogens with zero attached hydrogens (tertiary/aromatic N) is 5. The van der Waals surface area contributed by atoms with Crippen molar-refractivity contribution >= 4 is 23.3 Å². The van der Waals surface area contributed by atoms with E-state index in [0.717, 1.165) is 52.8 Å². The lowest BCUT2D eigenvalue weighted by atomic mass is 9.97. The van der Waals surface area contributed by atoms with Crippen LogP contribution in [0.1, 0.15) is 46.3 Å². The van der Waals surface area contributed by atoms with Crippen LogP contribution in [0.5, 0.6) is 0 Å². The highest BCUT2D eigenvalue weighted by Gasteiger charge is 2.31. The van der Waals surface area contributed by atoms with E-state index in [4.69, 9.17) is 0 Å². The van der Waals surface area contributed by atoms with E-state index in [2.05, 4.69) is 9.97 Å². The molecule has 0 N–H and O–H groups in total. The van der Waals surface area contributed by atoms with Crippen molar-refractivity contribution < 1.29 is 9.28 Å². The van der Waals surface area contributed by atoms with Crippen molar-refractivity contribution in [3.63, 3.8) is 0 Å². The van der Waals surface area contributed by atoms with Crippen LogP contribution in [0.25, 0.3) is 16.5 Å². The van der Waals surface area contributed by atoms with Gasteiger partial charge < -0.3 is 9.47 Å². The van der Waals surface area contributed by atoms with Crippen molar-refractivity contribution in [3.8, 4) is 10.4 Å². The van der Waals surface area contributed by atoms with Crippen LogP contribution in [0.2, 0.25) is 0 Å². The van der Waals surface area contributed by atoms with Crippen LogP contribution in [0.3, 0.4) is 0 Å². The number of carbonyl (C=O) groups excluding carboxylic acids is 1. The molecule has 4 heterocycles. The maximum atomic E-state index is 13.6. The van der Waals surface area contributed by atoms with Gasteiger partial charge >= 0.3 is 0 Å². The monoisotopic (exact) mass is 437 g/mol. The number of likely N-dealkylation sites (tertiary alicyclic amines) is 1. The topological polar surface area (TPSA) is 54.3 Å². The summed E-state index contributed by atoms with van der Waals surface area (Å²) >= 11 is 1.56. The quantitative estimate of drug-likeness (QED) is 0.556. The first kappa shape index (κ1) is 19.9. The molecule has 0 unspecified atom stereocenters. The van der Waals surface area contributed by atoms with E-state index in [1.54, 1.807) is 22.0 Å². The predicted octanol–water partition coefficient (Wildman–Crippen LogP) is 4.68. The van der Waals surface area contributed by atoms with Gasteiger partial charge in [-0.3, -0.25) is 4.79 Å². The number of hydrogen-bond donors (Lipinski definition) is 0. The normalized spacial score (nSPS) is 18.3. The number of amides is 1. The molecule has 1 atom stereocenters. The lowest BCUT2D eigenvalue weighted by Gasteiger charge is -2.35. The Morgan fingerprint density at radius 3 is 2.90 bits per heavy atom. The lowest BCUT2D eigenvalue weighted by molar-refractivity contribution is 0.0492. The molecule has 0 spiro atoms. The Kier molecular flexibility index (Phi) is 5.31. The number of imidazole rings is 1. The Balaban J connectivity index is 1.40. The van der Waals surface area contributed by atoms with E-state index in [9.17, 15) is 9.28 Å². The molecule has 6 nitrogen and oxygen atoms in total. The standard InChI is InChI=1S/C23H24FN5OS/c1-16-25-21(22(31-16)17-7-3-2-4-8-17)23(30)29-11-6-5-9-19(29)13-18-14-27-15-28(24)12-10-20(27)26-18/h2-4,7-8,10,12,14,19H,5-6,9,11,13,15H2,1H3/t19-/m0/s1. The summed E-state index contributed by atoms with van der Waals surface area (Å²) in [5, 5.41) is 1.52. The summed E-state index contributed by atoms with van der Waals surface area (Å²) < 4.78 is 15.3. The predicted molar refractivity (Wildman–Crippen MR) is 119 cm³/mol. The number of thiazole rings is 1. The molecule has 0 saturated carbocycles. The number of fused-ring (bicyclic) bond motifs is 1. The maximum absolute atomic E-state index is 13.6. The minimum atomic E-state index is -0.00768. The minimum absolute atomic E-state index is 0.00768. The van der Waals surface area contributed by atoms with Crippen LogP contribution in [-0.2, 0) is 13.1 Å². The largest absolute Gasteiger partial charge is 0.334 e. The third kappa shape index (κ3) is 3.99. The van der Waals surface area contributed by atoms with Gasteiger partial charge in [0.05, 0.1) is 15.6 Å². The minimum Gasteiger partial charge on any atom is -0.334 e. The van der Waals surface area contributed by atoms with E-state index >= 15 is 0 Å². The van der Waals surface area contributed by atoms with Gasteiger partial charge in [0.25, 0.3) is 5.91 Å². The first-order valence-corrected chi connectivity index (χ1v) is 11.4. The Morgan fingerprint density at radius 1 is 1.23 bits per heavy atom. The van der Waals surface area contributed by atoms with Gasteiger partial charge in [-0.25, -0.2) is 9.97 Å². The fourth-order valence-corrected chi connectivity index (χ4v) is 5.30. The smallest absolute Gasteiger partial charge is 0.274 e. The number of benzene rings is 1. The summed E-state index contributed by atoms with van der Waals surface area (Å²) in [6, 6.07) is 10.0. The van der Waals surface area contributed by atoms with Crippen molar-refractivity contribution in [2.45, 2.75) is 45.3 Å². The zero-order valence-electron chi connectivity index (χ0n) is 17.4. The van der Waals surface area contributed by atoms with Crippen LogP contribution in [0, 0.1) is 6.92 Å². The van der Waals surface area contributed by atoms with Crippen molar-refractivity contribution in [1.82, 2.24) is 24.6 Å². The van der Waals surface area contributed by atoms with E-state index in [-0.39, 0.29) is 18.6 Å². The van der Waals surface area contributed by atoms with Crippen molar-refractivity contribution in [3.05, 3.63) is 64.9 Å². The highest BCUT2D eigenvalue weighted by molar-refractivity contribution is 7.15. The maximum Gasteiger partial charge on any atom is 0.274 e. The third-order valence-electron chi connectivity index (χ3n) is 5.84. The molecule has 0 aliphatic carbocycles. The molecule has 1 fully saturated rings. The second-order valence-electron chi connectivity index (χ2n) is 8.05. The summed E-state index contributed by atoms with van der Waals surface area (Å²) in [6.07, 6.45) is 8.62. The van der Waals surface area contributed by atoms with E-state index in [0.29, 0.717) is 17.2 Å². The summed E-state index contributed by atoms with van der Waals surface area (Å²) in [7, 11) is 0. The van der Waals surface area contributed by atoms with Gasteiger partial charge in [-0.1, -0.05) is 34.8 Å². The molecule has 0 radical (unpaired) electrons. The fourth-order valence-electron chi connectivity index (χ4n) is 4.39. The number of rotatable bonds is 4. The number of aromatic nitrogens is 3. The highest BCUT2D eigenvalue weighted by Crippen LogP contribution is 2.32. The van der Waals surface area contributed by atoms with Crippen molar-refractivity contribution in [2.24, 2.45) is 0 Å². The van der Waals surface area contributed by atoms with E-state index in [1.807, 2.05) is 48.4 Å². The summed E-state index contributed by atoms with van der Waals surface area (Å²) in [5.74, 6) is 0.741. The second-order valence-corrected chi connectivity index (χ2v) is 9.25. The number of halogens is 1. The van der Waals surface area contributed by atoms with Gasteiger partial charge in [0.1, 0.15) is 18.2 Å². The fraction of sp³-hybridized carbons (Fsp3) is 0.348. The van der Waals surface area contributed by atoms with Crippen LogP contribution in [0.15, 0.2) is 42.7 Å². The van der Waals surface area contributed by atoms with Gasteiger partial charge in [-0.2, -0.15) is 5.12 Å². The molecule has 5 rings (SSSR count). The third-order valence-corrected chi connectivity index (χ3v) is 6.86. The lowest BCUT2D eigenvalue weighted by Crippen LogP contribution is -2.45. The average Bonchev–Trinajstić information content (AvgIpc) is 3.36. The Morgan fingerprint density at radius 2 is 2.06 bits per heavy atom. The van der Waals surface area contributed by atoms with Gasteiger partial charge in [0.15, 0.2) is 0 Å². The molecule has 2 aliphatic heterocycles. The number of piperidine rings is 1. The molecule has 0 bridgehead atoms. The molecule has 3 aromatic rings. The zero-order valence-corrected chi connectivity index (χ0v) is 18.2. The van der Waals surface area contributed by atoms with E-state index < -0.39 is 0 Å².